The van der Waals surface area contributed by atoms with Gasteiger partial charge in [-0.3, -0.25) is 0 Å². The van der Waals surface area contributed by atoms with Crippen LogP contribution >= 0.6 is 22.7 Å². The Labute approximate surface area is 169 Å². The summed E-state index contributed by atoms with van der Waals surface area (Å²) in [7, 11) is 0. The third-order valence-corrected chi connectivity index (χ3v) is 13.0. The number of hydrogen-bond donors (Lipinski definition) is 0. The van der Waals surface area contributed by atoms with Gasteiger partial charge in [0.2, 0.25) is 0 Å². The Kier molecular flexibility index (Phi) is 5.88. The van der Waals surface area contributed by atoms with Crippen molar-refractivity contribution < 1.29 is 4.74 Å². The van der Waals surface area contributed by atoms with E-state index in [2.05, 4.69) is 61.0 Å². The fraction of sp³-hybridized carbons (Fsp3) is 0.364. The zero-order chi connectivity index (χ0) is 17.9. The molecule has 2 aromatic heterocycles. The van der Waals surface area contributed by atoms with Crippen LogP contribution in [-0.2, 0) is 0 Å². The Morgan fingerprint density at radius 1 is 0.923 bits per heavy atom. The Bertz CT molecular complexity index is 809. The first-order chi connectivity index (χ1) is 12.8. The molecule has 1 aliphatic heterocycles. The molecule has 4 rings (SSSR count). The second kappa shape index (κ2) is 8.33. The van der Waals surface area contributed by atoms with Crippen molar-refractivity contribution in [1.82, 2.24) is 0 Å². The summed E-state index contributed by atoms with van der Waals surface area (Å²) in [4.78, 5) is 3.05. The number of thiophene rings is 2. The normalized spacial score (nSPS) is 14.2. The molecule has 136 valence electrons. The first kappa shape index (κ1) is 18.3. The van der Waals surface area contributed by atoms with Crippen molar-refractivity contribution in [3.8, 4) is 15.5 Å². The van der Waals surface area contributed by atoms with Gasteiger partial charge in [0.25, 0.3) is 0 Å². The number of fused-ring (bicyclic) bond motifs is 3. The van der Waals surface area contributed by atoms with Gasteiger partial charge in [0, 0.05) is 0 Å². The van der Waals surface area contributed by atoms with Gasteiger partial charge in [0.15, 0.2) is 0 Å². The quantitative estimate of drug-likeness (QED) is 0.351. The molecule has 1 aliphatic rings. The molecule has 3 heterocycles. The summed E-state index contributed by atoms with van der Waals surface area (Å²) in [5.74, 6) is 1.70. The molecule has 0 bridgehead atoms. The summed E-state index contributed by atoms with van der Waals surface area (Å²) in [6, 6.07) is 13.7. The van der Waals surface area contributed by atoms with E-state index in [9.17, 15) is 0 Å². The van der Waals surface area contributed by atoms with Crippen molar-refractivity contribution >= 4 is 50.4 Å². The molecule has 0 amide bonds. The molecule has 1 atom stereocenters. The summed E-state index contributed by atoms with van der Waals surface area (Å²) in [6.45, 7) is 5.38. The fourth-order valence-corrected chi connectivity index (χ4v) is 12.6. The van der Waals surface area contributed by atoms with Crippen molar-refractivity contribution in [3.05, 3.63) is 47.2 Å². The standard InChI is InChI=1S/C22H25AsOS2/c1-3-5-6-16(4-2)15-24-18-9-7-17(8-10-18)23-19-11-13-25-21(19)22-20(23)12-14-26-22/h7-14,16H,3-6,15H2,1-2H3. The van der Waals surface area contributed by atoms with Gasteiger partial charge < -0.3 is 0 Å². The maximum atomic E-state index is 6.10. The minimum absolute atomic E-state index is 0.682. The molecule has 26 heavy (non-hydrogen) atoms. The average molecular weight is 444 g/mol. The van der Waals surface area contributed by atoms with Gasteiger partial charge in [-0.2, -0.15) is 0 Å². The van der Waals surface area contributed by atoms with Gasteiger partial charge in [-0.05, 0) is 0 Å². The molecule has 1 unspecified atom stereocenters. The van der Waals surface area contributed by atoms with Crippen LogP contribution in [0.5, 0.6) is 5.75 Å². The van der Waals surface area contributed by atoms with Crippen molar-refractivity contribution in [2.75, 3.05) is 6.61 Å². The molecule has 0 radical (unpaired) electrons. The molecule has 0 N–H and O–H groups in total. The number of hydrogen-bond acceptors (Lipinski definition) is 3. The van der Waals surface area contributed by atoms with Crippen LogP contribution in [0.1, 0.15) is 39.5 Å². The molecule has 0 saturated carbocycles. The van der Waals surface area contributed by atoms with Crippen LogP contribution in [0, 0.1) is 5.92 Å². The molecule has 0 fully saturated rings. The molecular weight excluding hydrogens is 419 g/mol. The molecule has 0 aliphatic carbocycles. The van der Waals surface area contributed by atoms with Gasteiger partial charge in [-0.1, -0.05) is 0 Å². The van der Waals surface area contributed by atoms with Crippen molar-refractivity contribution in [2.45, 2.75) is 39.5 Å². The molecule has 0 spiro atoms. The van der Waals surface area contributed by atoms with E-state index < -0.39 is 14.7 Å². The van der Waals surface area contributed by atoms with E-state index in [4.69, 9.17) is 4.74 Å². The average Bonchev–Trinajstić information content (AvgIpc) is 3.36. The zero-order valence-corrected chi connectivity index (χ0v) is 18.9. The van der Waals surface area contributed by atoms with E-state index in [1.54, 1.807) is 8.70 Å². The summed E-state index contributed by atoms with van der Waals surface area (Å²) >= 11 is 2.47. The first-order valence-corrected chi connectivity index (χ1v) is 14.1. The number of benzene rings is 1. The van der Waals surface area contributed by atoms with Gasteiger partial charge >= 0.3 is 170 Å². The van der Waals surface area contributed by atoms with Crippen LogP contribution in [0.4, 0.5) is 0 Å². The topological polar surface area (TPSA) is 9.23 Å². The van der Waals surface area contributed by atoms with E-state index in [1.165, 1.54) is 39.8 Å². The Balaban J connectivity index is 1.47. The van der Waals surface area contributed by atoms with Gasteiger partial charge in [-0.15, -0.1) is 0 Å². The number of unbranched alkanes of at least 4 members (excludes halogenated alkanes) is 1. The number of ether oxygens (including phenoxy) is 1. The van der Waals surface area contributed by atoms with E-state index in [-0.39, 0.29) is 0 Å². The molecule has 1 nitrogen and oxygen atoms in total. The molecular formula is C22H25AsOS2. The first-order valence-electron chi connectivity index (χ1n) is 9.50. The number of rotatable bonds is 8. The van der Waals surface area contributed by atoms with Gasteiger partial charge in [0.1, 0.15) is 0 Å². The second-order valence-electron chi connectivity index (χ2n) is 6.83. The fourth-order valence-electron chi connectivity index (χ4n) is 3.51. The van der Waals surface area contributed by atoms with Gasteiger partial charge in [-0.25, -0.2) is 0 Å². The van der Waals surface area contributed by atoms with E-state index in [0.29, 0.717) is 5.92 Å². The third kappa shape index (κ3) is 3.54. The minimum atomic E-state index is -1.34. The van der Waals surface area contributed by atoms with Gasteiger partial charge in [0.05, 0.1) is 0 Å². The van der Waals surface area contributed by atoms with Crippen LogP contribution in [0.3, 0.4) is 0 Å². The van der Waals surface area contributed by atoms with Crippen LogP contribution in [-0.4, -0.2) is 21.3 Å². The molecule has 3 aromatic rings. The van der Waals surface area contributed by atoms with Crippen LogP contribution in [0.2, 0.25) is 0 Å². The van der Waals surface area contributed by atoms with E-state index in [1.807, 2.05) is 22.7 Å². The predicted molar refractivity (Wildman–Crippen MR) is 118 cm³/mol. The molecule has 1 aromatic carbocycles. The summed E-state index contributed by atoms with van der Waals surface area (Å²) in [5.41, 5.74) is 0. The Morgan fingerprint density at radius 3 is 2.15 bits per heavy atom. The Hall–Kier alpha value is -1.02. The molecule has 0 saturated heterocycles. The summed E-state index contributed by atoms with van der Waals surface area (Å²) in [6.07, 6.45) is 5.06. The zero-order valence-electron chi connectivity index (χ0n) is 15.4. The third-order valence-electron chi connectivity index (χ3n) is 5.10. The van der Waals surface area contributed by atoms with Crippen LogP contribution in [0.15, 0.2) is 47.2 Å². The molecule has 4 heteroatoms. The van der Waals surface area contributed by atoms with Crippen molar-refractivity contribution in [3.63, 3.8) is 0 Å². The Morgan fingerprint density at radius 2 is 1.58 bits per heavy atom. The van der Waals surface area contributed by atoms with Crippen LogP contribution in [0.25, 0.3) is 9.75 Å². The summed E-state index contributed by atoms with van der Waals surface area (Å²) < 4.78 is 10.8. The SMILES string of the molecule is CCCCC(CC)COc1ccc([As]2c3ccsc3-c3sccc32)cc1. The maximum absolute atomic E-state index is 6.10. The van der Waals surface area contributed by atoms with Crippen molar-refractivity contribution in [1.29, 1.82) is 0 Å². The summed E-state index contributed by atoms with van der Waals surface area (Å²) in [5, 5.41) is 4.52. The van der Waals surface area contributed by atoms with E-state index >= 15 is 0 Å². The second-order valence-corrected chi connectivity index (χ2v) is 13.2. The predicted octanol–water partition coefficient (Wildman–Crippen LogP) is 4.90. The van der Waals surface area contributed by atoms with Crippen molar-refractivity contribution in [2.24, 2.45) is 5.92 Å². The van der Waals surface area contributed by atoms with Crippen LogP contribution < -0.4 is 17.8 Å². The van der Waals surface area contributed by atoms with E-state index in [0.717, 1.165) is 12.4 Å². The monoisotopic (exact) mass is 444 g/mol.